The van der Waals surface area contributed by atoms with Crippen molar-refractivity contribution in [2.24, 2.45) is 5.92 Å². The quantitative estimate of drug-likeness (QED) is 0.547. The predicted octanol–water partition coefficient (Wildman–Crippen LogP) is 2.66. The zero-order valence-electron chi connectivity index (χ0n) is 16.2. The molecule has 2 fully saturated rings. The van der Waals surface area contributed by atoms with Crippen molar-refractivity contribution in [2.75, 3.05) is 33.3 Å². The normalized spacial score (nSPS) is 22.2. The van der Waals surface area contributed by atoms with Crippen molar-refractivity contribution in [3.8, 4) is 0 Å². The van der Waals surface area contributed by atoms with Gasteiger partial charge in [0.25, 0.3) is 0 Å². The Morgan fingerprint density at radius 2 is 2.00 bits per heavy atom. The number of rotatable bonds is 7. The van der Waals surface area contributed by atoms with Crippen LogP contribution in [0, 0.1) is 5.92 Å². The molecule has 3 rings (SSSR count). The summed E-state index contributed by atoms with van der Waals surface area (Å²) in [7, 11) is 1.41. The van der Waals surface area contributed by atoms with Gasteiger partial charge in [-0.1, -0.05) is 36.4 Å². The summed E-state index contributed by atoms with van der Waals surface area (Å²) in [6.07, 6.45) is 5.84. The van der Waals surface area contributed by atoms with Gasteiger partial charge in [0.05, 0.1) is 18.6 Å². The standard InChI is InChI=1S/C22H30N2O3/c1-3-13-24-20(25)17-19(21(26)27-2)22(24)11-15-23(16-12-22)14-7-10-18-8-5-4-6-9-18/h3-6,8-9,19H,1,7,10-17H2,2H3. The number of benzene rings is 1. The van der Waals surface area contributed by atoms with Gasteiger partial charge in [0.1, 0.15) is 0 Å². The van der Waals surface area contributed by atoms with Crippen molar-refractivity contribution in [3.63, 3.8) is 0 Å². The van der Waals surface area contributed by atoms with Gasteiger partial charge in [0.15, 0.2) is 0 Å². The minimum Gasteiger partial charge on any atom is -0.469 e. The van der Waals surface area contributed by atoms with Crippen molar-refractivity contribution in [1.29, 1.82) is 0 Å². The highest BCUT2D eigenvalue weighted by Gasteiger charge is 2.56. The lowest BCUT2D eigenvalue weighted by Gasteiger charge is -2.47. The molecule has 0 saturated carbocycles. The Bertz CT molecular complexity index is 665. The van der Waals surface area contributed by atoms with Crippen LogP contribution < -0.4 is 0 Å². The van der Waals surface area contributed by atoms with Crippen LogP contribution in [0.25, 0.3) is 0 Å². The van der Waals surface area contributed by atoms with E-state index >= 15 is 0 Å². The number of amides is 1. The number of likely N-dealkylation sites (tertiary alicyclic amines) is 2. The van der Waals surface area contributed by atoms with Crippen LogP contribution >= 0.6 is 0 Å². The van der Waals surface area contributed by atoms with Gasteiger partial charge in [0, 0.05) is 26.1 Å². The molecular formula is C22H30N2O3. The summed E-state index contributed by atoms with van der Waals surface area (Å²) in [5, 5.41) is 0. The average Bonchev–Trinajstić information content (AvgIpc) is 2.96. The Balaban J connectivity index is 1.60. The van der Waals surface area contributed by atoms with E-state index < -0.39 is 5.54 Å². The molecule has 1 aromatic rings. The van der Waals surface area contributed by atoms with Gasteiger partial charge < -0.3 is 14.5 Å². The smallest absolute Gasteiger partial charge is 0.311 e. The Labute approximate surface area is 162 Å². The Kier molecular flexibility index (Phi) is 6.32. The molecular weight excluding hydrogens is 340 g/mol. The lowest BCUT2D eigenvalue weighted by molar-refractivity contribution is -0.150. The van der Waals surface area contributed by atoms with Crippen LogP contribution in [-0.2, 0) is 20.7 Å². The molecule has 0 N–H and O–H groups in total. The maximum Gasteiger partial charge on any atom is 0.311 e. The molecule has 1 unspecified atom stereocenters. The van der Waals surface area contributed by atoms with E-state index in [0.717, 1.165) is 45.3 Å². The molecule has 1 aromatic carbocycles. The number of methoxy groups -OCH3 is 1. The number of carbonyl (C=O) groups is 2. The summed E-state index contributed by atoms with van der Waals surface area (Å²) in [6.45, 7) is 7.15. The zero-order chi connectivity index (χ0) is 19.3. The summed E-state index contributed by atoms with van der Waals surface area (Å²) >= 11 is 0. The maximum atomic E-state index is 12.5. The third kappa shape index (κ3) is 4.08. The molecule has 2 aliphatic rings. The highest BCUT2D eigenvalue weighted by atomic mass is 16.5. The number of aryl methyl sites for hydroxylation is 1. The van der Waals surface area contributed by atoms with E-state index in [0.29, 0.717) is 6.54 Å². The second-order valence-corrected chi connectivity index (χ2v) is 7.61. The van der Waals surface area contributed by atoms with Gasteiger partial charge >= 0.3 is 5.97 Å². The van der Waals surface area contributed by atoms with Crippen LogP contribution in [0.3, 0.4) is 0 Å². The zero-order valence-corrected chi connectivity index (χ0v) is 16.2. The SMILES string of the molecule is C=CCN1C(=O)CC(C(=O)OC)C12CCN(CCCc1ccccc1)CC2. The molecule has 5 heteroatoms. The van der Waals surface area contributed by atoms with Crippen molar-refractivity contribution in [2.45, 2.75) is 37.6 Å². The predicted molar refractivity (Wildman–Crippen MR) is 105 cm³/mol. The van der Waals surface area contributed by atoms with Crippen molar-refractivity contribution < 1.29 is 14.3 Å². The van der Waals surface area contributed by atoms with Gasteiger partial charge in [-0.25, -0.2) is 0 Å². The fourth-order valence-electron chi connectivity index (χ4n) is 4.70. The summed E-state index contributed by atoms with van der Waals surface area (Å²) < 4.78 is 5.02. The molecule has 0 aliphatic carbocycles. The Hall–Kier alpha value is -2.14. The fourth-order valence-corrected chi connectivity index (χ4v) is 4.70. The van der Waals surface area contributed by atoms with E-state index in [2.05, 4.69) is 35.7 Å². The van der Waals surface area contributed by atoms with E-state index in [1.165, 1.54) is 12.7 Å². The summed E-state index contributed by atoms with van der Waals surface area (Å²) in [5.41, 5.74) is 0.962. The molecule has 1 amide bonds. The van der Waals surface area contributed by atoms with E-state index in [1.54, 1.807) is 6.08 Å². The van der Waals surface area contributed by atoms with Gasteiger partial charge in [-0.15, -0.1) is 6.58 Å². The number of carbonyl (C=O) groups excluding carboxylic acids is 2. The Morgan fingerprint density at radius 3 is 2.63 bits per heavy atom. The number of nitrogens with zero attached hydrogens (tertiary/aromatic N) is 2. The van der Waals surface area contributed by atoms with Gasteiger partial charge in [-0.2, -0.15) is 0 Å². The molecule has 27 heavy (non-hydrogen) atoms. The minimum absolute atomic E-state index is 0.0443. The van der Waals surface area contributed by atoms with Crippen LogP contribution in [0.15, 0.2) is 43.0 Å². The van der Waals surface area contributed by atoms with Crippen molar-refractivity contribution in [3.05, 3.63) is 48.6 Å². The topological polar surface area (TPSA) is 49.9 Å². The first-order chi connectivity index (χ1) is 13.1. The molecule has 2 saturated heterocycles. The van der Waals surface area contributed by atoms with Gasteiger partial charge in [-0.05, 0) is 37.8 Å². The number of esters is 1. The molecule has 5 nitrogen and oxygen atoms in total. The second-order valence-electron chi connectivity index (χ2n) is 7.61. The maximum absolute atomic E-state index is 12.5. The highest BCUT2D eigenvalue weighted by molar-refractivity contribution is 5.89. The largest absolute Gasteiger partial charge is 0.469 e. The van der Waals surface area contributed by atoms with E-state index in [1.807, 2.05) is 11.0 Å². The lowest BCUT2D eigenvalue weighted by Crippen LogP contribution is -2.57. The van der Waals surface area contributed by atoms with E-state index in [4.69, 9.17) is 4.74 Å². The molecule has 1 spiro atoms. The van der Waals surface area contributed by atoms with Crippen molar-refractivity contribution >= 4 is 11.9 Å². The van der Waals surface area contributed by atoms with Gasteiger partial charge in [-0.3, -0.25) is 9.59 Å². The van der Waals surface area contributed by atoms with Crippen LogP contribution in [0.5, 0.6) is 0 Å². The first kappa shape index (κ1) is 19.6. The van der Waals surface area contributed by atoms with Crippen molar-refractivity contribution in [1.82, 2.24) is 9.80 Å². The number of hydrogen-bond acceptors (Lipinski definition) is 4. The van der Waals surface area contributed by atoms with Crippen LogP contribution in [0.1, 0.15) is 31.2 Å². The number of hydrogen-bond donors (Lipinski definition) is 0. The minimum atomic E-state index is -0.408. The first-order valence-electron chi connectivity index (χ1n) is 9.86. The molecule has 0 bridgehead atoms. The first-order valence-corrected chi connectivity index (χ1v) is 9.86. The Morgan fingerprint density at radius 1 is 1.30 bits per heavy atom. The van der Waals surface area contributed by atoms with Crippen LogP contribution in [0.4, 0.5) is 0 Å². The average molecular weight is 370 g/mol. The molecule has 2 aliphatic heterocycles. The fraction of sp³-hybridized carbons (Fsp3) is 0.545. The third-order valence-electron chi connectivity index (χ3n) is 6.17. The number of ether oxygens (including phenoxy) is 1. The highest BCUT2D eigenvalue weighted by Crippen LogP contribution is 2.44. The van der Waals surface area contributed by atoms with E-state index in [-0.39, 0.29) is 24.2 Å². The van der Waals surface area contributed by atoms with Gasteiger partial charge in [0.2, 0.25) is 5.91 Å². The molecule has 0 radical (unpaired) electrons. The lowest BCUT2D eigenvalue weighted by atomic mass is 9.76. The third-order valence-corrected chi connectivity index (χ3v) is 6.17. The van der Waals surface area contributed by atoms with Crippen LogP contribution in [0.2, 0.25) is 0 Å². The molecule has 2 heterocycles. The molecule has 1 atom stereocenters. The summed E-state index contributed by atoms with van der Waals surface area (Å²) in [4.78, 5) is 29.2. The van der Waals surface area contributed by atoms with E-state index in [9.17, 15) is 9.59 Å². The number of piperidine rings is 1. The molecule has 146 valence electrons. The second kappa shape index (κ2) is 8.70. The summed E-state index contributed by atoms with van der Waals surface area (Å²) in [6, 6.07) is 10.5. The van der Waals surface area contributed by atoms with Crippen LogP contribution in [-0.4, -0.2) is 60.5 Å². The summed E-state index contributed by atoms with van der Waals surface area (Å²) in [5.74, 6) is -0.573. The monoisotopic (exact) mass is 370 g/mol. The molecule has 0 aromatic heterocycles.